The van der Waals surface area contributed by atoms with Crippen LogP contribution in [0.5, 0.6) is 0 Å². The Kier molecular flexibility index (Phi) is 4.53. The Hall–Kier alpha value is -2.49. The number of ether oxygens (including phenoxy) is 1. The van der Waals surface area contributed by atoms with Gasteiger partial charge in [-0.25, -0.2) is 4.98 Å². The largest absolute Gasteiger partial charge is 0.385 e. The molecule has 5 heterocycles. The van der Waals surface area contributed by atoms with Gasteiger partial charge in [-0.05, 0) is 45.0 Å². The third-order valence-electron chi connectivity index (χ3n) is 6.13. The second-order valence-corrected chi connectivity index (χ2v) is 8.07. The number of hydrogen-bond donors (Lipinski definition) is 3. The first-order valence-corrected chi connectivity index (χ1v) is 10.2. The molecule has 29 heavy (non-hydrogen) atoms. The van der Waals surface area contributed by atoms with Crippen molar-refractivity contribution >= 4 is 16.9 Å². The molecule has 9 heteroatoms. The van der Waals surface area contributed by atoms with Crippen molar-refractivity contribution in [3.8, 4) is 11.4 Å². The van der Waals surface area contributed by atoms with Crippen molar-refractivity contribution in [2.24, 2.45) is 7.05 Å². The number of anilines is 1. The van der Waals surface area contributed by atoms with Gasteiger partial charge in [-0.3, -0.25) is 9.78 Å². The summed E-state index contributed by atoms with van der Waals surface area (Å²) in [6, 6.07) is 4.18. The van der Waals surface area contributed by atoms with Crippen LogP contribution in [-0.4, -0.2) is 69.0 Å². The molecule has 0 amide bonds. The topological polar surface area (TPSA) is 104 Å². The van der Waals surface area contributed by atoms with E-state index in [-0.39, 0.29) is 6.04 Å². The van der Waals surface area contributed by atoms with Crippen LogP contribution >= 0.6 is 0 Å². The predicted molar refractivity (Wildman–Crippen MR) is 110 cm³/mol. The number of nitrogens with zero attached hydrogens (tertiary/aromatic N) is 5. The van der Waals surface area contributed by atoms with Gasteiger partial charge in [0.1, 0.15) is 17.0 Å². The Morgan fingerprint density at radius 3 is 2.86 bits per heavy atom. The van der Waals surface area contributed by atoms with E-state index in [1.165, 1.54) is 0 Å². The van der Waals surface area contributed by atoms with E-state index in [1.807, 2.05) is 17.8 Å². The molecule has 0 saturated carbocycles. The SMILES string of the molecule is CC1COCCN1c1cc(C2(O)CCNCC2)c2c(n1)c(-c1ccn[nH]1)nn2C. The molecule has 1 unspecified atom stereocenters. The van der Waals surface area contributed by atoms with Gasteiger partial charge in [0.2, 0.25) is 0 Å². The van der Waals surface area contributed by atoms with Crippen LogP contribution in [-0.2, 0) is 17.4 Å². The molecule has 2 aliphatic heterocycles. The number of aryl methyl sites for hydroxylation is 1. The van der Waals surface area contributed by atoms with E-state index in [9.17, 15) is 5.11 Å². The summed E-state index contributed by atoms with van der Waals surface area (Å²) in [5.74, 6) is 0.865. The standard InChI is InChI=1S/C20H27N7O2/c1-13-12-29-10-9-27(13)16-11-14(20(28)4-7-21-8-5-20)19-18(23-16)17(25-26(19)2)15-3-6-22-24-15/h3,6,11,13,21,28H,4-5,7-10,12H2,1-2H3,(H,22,24). The molecule has 0 radical (unpaired) electrons. The van der Waals surface area contributed by atoms with Crippen LogP contribution < -0.4 is 10.2 Å². The zero-order chi connectivity index (χ0) is 20.0. The fourth-order valence-corrected chi connectivity index (χ4v) is 4.51. The lowest BCUT2D eigenvalue weighted by Gasteiger charge is -2.37. The number of morpholine rings is 1. The van der Waals surface area contributed by atoms with Gasteiger partial charge in [-0.1, -0.05) is 0 Å². The van der Waals surface area contributed by atoms with Gasteiger partial charge < -0.3 is 20.1 Å². The van der Waals surface area contributed by atoms with Crippen LogP contribution in [0.3, 0.4) is 0 Å². The van der Waals surface area contributed by atoms with Crippen molar-refractivity contribution < 1.29 is 9.84 Å². The van der Waals surface area contributed by atoms with Crippen LogP contribution in [0.2, 0.25) is 0 Å². The number of aromatic amines is 1. The van der Waals surface area contributed by atoms with E-state index in [0.29, 0.717) is 26.1 Å². The minimum absolute atomic E-state index is 0.219. The molecule has 3 aromatic rings. The average molecular weight is 397 g/mol. The summed E-state index contributed by atoms with van der Waals surface area (Å²) in [4.78, 5) is 7.29. The molecule has 1 atom stereocenters. The Balaban J connectivity index is 1.75. The van der Waals surface area contributed by atoms with Crippen molar-refractivity contribution in [1.29, 1.82) is 0 Å². The quantitative estimate of drug-likeness (QED) is 0.609. The first-order valence-electron chi connectivity index (χ1n) is 10.2. The first-order chi connectivity index (χ1) is 14.1. The fourth-order valence-electron chi connectivity index (χ4n) is 4.51. The van der Waals surface area contributed by atoms with Crippen molar-refractivity contribution in [3.05, 3.63) is 23.9 Å². The first kappa shape index (κ1) is 18.5. The van der Waals surface area contributed by atoms with Crippen LogP contribution in [0.25, 0.3) is 22.4 Å². The summed E-state index contributed by atoms with van der Waals surface area (Å²) < 4.78 is 7.45. The van der Waals surface area contributed by atoms with Gasteiger partial charge in [0.15, 0.2) is 0 Å². The monoisotopic (exact) mass is 397 g/mol. The normalized spacial score (nSPS) is 22.3. The fraction of sp³-hybridized carbons (Fsp3) is 0.550. The molecule has 3 N–H and O–H groups in total. The smallest absolute Gasteiger partial charge is 0.136 e. The highest BCUT2D eigenvalue weighted by atomic mass is 16.5. The van der Waals surface area contributed by atoms with Crippen molar-refractivity contribution in [2.75, 3.05) is 37.7 Å². The second kappa shape index (κ2) is 7.08. The summed E-state index contributed by atoms with van der Waals surface area (Å²) in [6.07, 6.45) is 3.04. The highest BCUT2D eigenvalue weighted by molar-refractivity contribution is 5.92. The Morgan fingerprint density at radius 1 is 1.31 bits per heavy atom. The minimum Gasteiger partial charge on any atom is -0.385 e. The van der Waals surface area contributed by atoms with E-state index in [2.05, 4.69) is 33.4 Å². The zero-order valence-electron chi connectivity index (χ0n) is 16.9. The lowest BCUT2D eigenvalue weighted by Crippen LogP contribution is -2.44. The summed E-state index contributed by atoms with van der Waals surface area (Å²) in [5, 5.41) is 26.8. The van der Waals surface area contributed by atoms with E-state index in [1.54, 1.807) is 6.20 Å². The van der Waals surface area contributed by atoms with E-state index < -0.39 is 5.60 Å². The van der Waals surface area contributed by atoms with Crippen LogP contribution in [0.15, 0.2) is 18.3 Å². The van der Waals surface area contributed by atoms with Crippen LogP contribution in [0.4, 0.5) is 5.82 Å². The summed E-state index contributed by atoms with van der Waals surface area (Å²) in [7, 11) is 1.91. The van der Waals surface area contributed by atoms with Crippen molar-refractivity contribution in [1.82, 2.24) is 30.3 Å². The molecular weight excluding hydrogens is 370 g/mol. The minimum atomic E-state index is -0.907. The number of hydrogen-bond acceptors (Lipinski definition) is 7. The highest BCUT2D eigenvalue weighted by Gasteiger charge is 2.36. The second-order valence-electron chi connectivity index (χ2n) is 8.07. The zero-order valence-corrected chi connectivity index (χ0v) is 16.9. The third kappa shape index (κ3) is 3.09. The number of pyridine rings is 1. The number of aromatic nitrogens is 5. The molecule has 154 valence electrons. The van der Waals surface area contributed by atoms with Gasteiger partial charge in [-0.2, -0.15) is 10.2 Å². The molecule has 5 rings (SSSR count). The molecule has 2 aliphatic rings. The van der Waals surface area contributed by atoms with Crippen molar-refractivity contribution in [3.63, 3.8) is 0 Å². The Labute approximate surface area is 169 Å². The number of rotatable bonds is 3. The summed E-state index contributed by atoms with van der Waals surface area (Å²) in [6.45, 7) is 5.84. The maximum atomic E-state index is 11.6. The maximum absolute atomic E-state index is 11.6. The van der Waals surface area contributed by atoms with Gasteiger partial charge >= 0.3 is 0 Å². The maximum Gasteiger partial charge on any atom is 0.136 e. The molecule has 0 bridgehead atoms. The lowest BCUT2D eigenvalue weighted by atomic mass is 9.84. The number of H-pyrrole nitrogens is 1. The number of nitrogens with one attached hydrogen (secondary N) is 2. The van der Waals surface area contributed by atoms with Gasteiger partial charge in [0.05, 0.1) is 36.1 Å². The van der Waals surface area contributed by atoms with Gasteiger partial charge in [-0.15, -0.1) is 0 Å². The molecule has 2 fully saturated rings. The average Bonchev–Trinajstić information content (AvgIpc) is 3.36. The predicted octanol–water partition coefficient (Wildman–Crippen LogP) is 1.15. The molecule has 2 saturated heterocycles. The number of fused-ring (bicyclic) bond motifs is 1. The van der Waals surface area contributed by atoms with Crippen LogP contribution in [0, 0.1) is 0 Å². The van der Waals surface area contributed by atoms with Gasteiger partial charge in [0.25, 0.3) is 0 Å². The molecule has 0 aromatic carbocycles. The summed E-state index contributed by atoms with van der Waals surface area (Å²) >= 11 is 0. The van der Waals surface area contributed by atoms with E-state index >= 15 is 0 Å². The lowest BCUT2D eigenvalue weighted by molar-refractivity contribution is 0.00698. The molecule has 9 nitrogen and oxygen atoms in total. The number of aliphatic hydroxyl groups is 1. The van der Waals surface area contributed by atoms with E-state index in [0.717, 1.165) is 53.4 Å². The third-order valence-corrected chi connectivity index (χ3v) is 6.13. The van der Waals surface area contributed by atoms with Crippen molar-refractivity contribution in [2.45, 2.75) is 31.4 Å². The highest BCUT2D eigenvalue weighted by Crippen LogP contribution is 2.39. The van der Waals surface area contributed by atoms with Gasteiger partial charge in [0, 0.05) is 25.4 Å². The number of piperidine rings is 1. The molecular formula is C20H27N7O2. The Morgan fingerprint density at radius 2 is 2.14 bits per heavy atom. The Bertz CT molecular complexity index is 1010. The molecule has 3 aromatic heterocycles. The van der Waals surface area contributed by atoms with Crippen LogP contribution in [0.1, 0.15) is 25.3 Å². The molecule has 0 spiro atoms. The molecule has 0 aliphatic carbocycles. The summed E-state index contributed by atoms with van der Waals surface area (Å²) in [5.41, 5.74) is 3.23. The van der Waals surface area contributed by atoms with E-state index in [4.69, 9.17) is 14.8 Å².